The number of ether oxygens (including phenoxy) is 2. The number of methoxy groups -OCH3 is 1. The smallest absolute Gasteiger partial charge is 0.231 e. The summed E-state index contributed by atoms with van der Waals surface area (Å²) < 4.78 is 11.2. The molecule has 0 amide bonds. The maximum absolute atomic E-state index is 10.8. The second-order valence-corrected chi connectivity index (χ2v) is 6.38. The molecule has 0 fully saturated rings. The molecule has 5 nitrogen and oxygen atoms in total. The Balaban J connectivity index is 1.76. The number of fused-ring (bicyclic) bond motifs is 1. The number of carbonyl (C=O) groups is 1. The Morgan fingerprint density at radius 3 is 2.38 bits per heavy atom. The molecule has 0 spiro atoms. The quantitative estimate of drug-likeness (QED) is 0.469. The highest BCUT2D eigenvalue weighted by Crippen LogP contribution is 2.39. The van der Waals surface area contributed by atoms with Crippen molar-refractivity contribution in [1.82, 2.24) is 9.97 Å². The molecule has 2 aromatic carbocycles. The van der Waals surface area contributed by atoms with Gasteiger partial charge in [0.25, 0.3) is 0 Å². The zero-order chi connectivity index (χ0) is 17.9. The highest BCUT2D eigenvalue weighted by Gasteiger charge is 2.15. The van der Waals surface area contributed by atoms with Crippen LogP contribution in [-0.2, 0) is 0 Å². The van der Waals surface area contributed by atoms with E-state index in [2.05, 4.69) is 9.97 Å². The van der Waals surface area contributed by atoms with Gasteiger partial charge in [0.15, 0.2) is 0 Å². The first-order chi connectivity index (χ1) is 12.8. The Morgan fingerprint density at radius 2 is 1.69 bits per heavy atom. The van der Waals surface area contributed by atoms with E-state index in [0.717, 1.165) is 33.4 Å². The summed E-state index contributed by atoms with van der Waals surface area (Å²) in [7, 11) is 1.64. The van der Waals surface area contributed by atoms with Crippen LogP contribution < -0.4 is 9.47 Å². The Hall–Kier alpha value is -3.25. The second-order valence-electron chi connectivity index (χ2n) is 5.53. The number of hydrogen-bond donors (Lipinski definition) is 0. The zero-order valence-corrected chi connectivity index (χ0v) is 14.7. The summed E-state index contributed by atoms with van der Waals surface area (Å²) in [4.78, 5) is 20.3. The molecule has 0 unspecified atom stereocenters. The van der Waals surface area contributed by atoms with Gasteiger partial charge in [-0.15, -0.1) is 11.3 Å². The first kappa shape index (κ1) is 16.2. The number of benzene rings is 2. The molecule has 0 saturated heterocycles. The van der Waals surface area contributed by atoms with E-state index in [4.69, 9.17) is 9.47 Å². The van der Waals surface area contributed by atoms with Gasteiger partial charge in [0.1, 0.15) is 28.9 Å². The van der Waals surface area contributed by atoms with Crippen molar-refractivity contribution in [2.24, 2.45) is 0 Å². The molecule has 2 aromatic heterocycles. The Kier molecular flexibility index (Phi) is 4.33. The van der Waals surface area contributed by atoms with E-state index in [9.17, 15) is 4.79 Å². The Bertz CT molecular complexity index is 1060. The molecule has 0 aliphatic rings. The van der Waals surface area contributed by atoms with Gasteiger partial charge >= 0.3 is 0 Å². The summed E-state index contributed by atoms with van der Waals surface area (Å²) in [5.41, 5.74) is 2.64. The molecule has 0 saturated carbocycles. The van der Waals surface area contributed by atoms with Crippen LogP contribution in [-0.4, -0.2) is 23.4 Å². The third kappa shape index (κ3) is 3.02. The molecular formula is C20H14N2O3S. The lowest BCUT2D eigenvalue weighted by molar-refractivity contribution is 0.112. The predicted molar refractivity (Wildman–Crippen MR) is 101 cm³/mol. The summed E-state index contributed by atoms with van der Waals surface area (Å²) >= 11 is 1.54. The molecule has 0 aliphatic carbocycles. The maximum atomic E-state index is 10.8. The number of aromatic nitrogens is 2. The van der Waals surface area contributed by atoms with Gasteiger partial charge in [-0.1, -0.05) is 12.1 Å². The van der Waals surface area contributed by atoms with Crippen molar-refractivity contribution >= 4 is 27.8 Å². The van der Waals surface area contributed by atoms with Crippen LogP contribution in [0.5, 0.6) is 17.4 Å². The van der Waals surface area contributed by atoms with Crippen molar-refractivity contribution in [2.75, 3.05) is 7.11 Å². The lowest BCUT2D eigenvalue weighted by Gasteiger charge is -2.08. The SMILES string of the molecule is COc1ccc(-c2csc3ncnc(Oc4ccc(C=O)cc4)c23)cc1. The van der Waals surface area contributed by atoms with Gasteiger partial charge in [0.2, 0.25) is 5.88 Å². The Labute approximate surface area is 153 Å². The third-order valence-corrected chi connectivity index (χ3v) is 4.85. The van der Waals surface area contributed by atoms with Crippen LogP contribution >= 0.6 is 11.3 Å². The number of thiophene rings is 1. The van der Waals surface area contributed by atoms with E-state index in [-0.39, 0.29) is 0 Å². The van der Waals surface area contributed by atoms with Crippen LogP contribution in [0.1, 0.15) is 10.4 Å². The molecule has 6 heteroatoms. The van der Waals surface area contributed by atoms with Crippen molar-refractivity contribution in [3.8, 4) is 28.5 Å². The normalized spacial score (nSPS) is 10.7. The van der Waals surface area contributed by atoms with E-state index in [0.29, 0.717) is 17.2 Å². The van der Waals surface area contributed by atoms with E-state index in [1.807, 2.05) is 29.6 Å². The summed E-state index contributed by atoms with van der Waals surface area (Å²) in [6.45, 7) is 0. The van der Waals surface area contributed by atoms with Gasteiger partial charge in [-0.2, -0.15) is 0 Å². The molecule has 4 aromatic rings. The molecule has 128 valence electrons. The average molecular weight is 362 g/mol. The molecule has 2 heterocycles. The minimum Gasteiger partial charge on any atom is -0.497 e. The van der Waals surface area contributed by atoms with E-state index in [1.54, 1.807) is 42.7 Å². The van der Waals surface area contributed by atoms with Crippen molar-refractivity contribution < 1.29 is 14.3 Å². The third-order valence-electron chi connectivity index (χ3n) is 3.97. The highest BCUT2D eigenvalue weighted by atomic mass is 32.1. The van der Waals surface area contributed by atoms with Crippen LogP contribution in [0.3, 0.4) is 0 Å². The summed E-state index contributed by atoms with van der Waals surface area (Å²) in [5, 5.41) is 2.91. The summed E-state index contributed by atoms with van der Waals surface area (Å²) in [6.07, 6.45) is 2.29. The number of aldehydes is 1. The average Bonchev–Trinajstić information content (AvgIpc) is 3.14. The molecule has 0 N–H and O–H groups in total. The molecule has 0 aliphatic heterocycles. The summed E-state index contributed by atoms with van der Waals surface area (Å²) in [5.74, 6) is 1.90. The second kappa shape index (κ2) is 6.93. The van der Waals surface area contributed by atoms with Crippen LogP contribution in [0.2, 0.25) is 0 Å². The van der Waals surface area contributed by atoms with Gasteiger partial charge in [-0.3, -0.25) is 4.79 Å². The van der Waals surface area contributed by atoms with E-state index < -0.39 is 0 Å². The summed E-state index contributed by atoms with van der Waals surface area (Å²) in [6, 6.07) is 14.7. The number of nitrogens with zero attached hydrogens (tertiary/aromatic N) is 2. The molecule has 0 bridgehead atoms. The molecule has 0 atom stereocenters. The first-order valence-corrected chi connectivity index (χ1v) is 8.76. The van der Waals surface area contributed by atoms with Crippen LogP contribution in [0, 0.1) is 0 Å². The fourth-order valence-electron chi connectivity index (χ4n) is 2.63. The maximum Gasteiger partial charge on any atom is 0.231 e. The minimum absolute atomic E-state index is 0.487. The van der Waals surface area contributed by atoms with Crippen LogP contribution in [0.15, 0.2) is 60.2 Å². The Morgan fingerprint density at radius 1 is 0.962 bits per heavy atom. The molecule has 4 rings (SSSR count). The topological polar surface area (TPSA) is 61.3 Å². The minimum atomic E-state index is 0.487. The van der Waals surface area contributed by atoms with E-state index >= 15 is 0 Å². The van der Waals surface area contributed by atoms with Gasteiger partial charge < -0.3 is 9.47 Å². The number of carbonyl (C=O) groups excluding carboxylic acids is 1. The lowest BCUT2D eigenvalue weighted by Crippen LogP contribution is -1.91. The van der Waals surface area contributed by atoms with Crippen molar-refractivity contribution in [1.29, 1.82) is 0 Å². The zero-order valence-electron chi connectivity index (χ0n) is 13.9. The van der Waals surface area contributed by atoms with Crippen LogP contribution in [0.25, 0.3) is 21.3 Å². The fourth-order valence-corrected chi connectivity index (χ4v) is 3.54. The predicted octanol–water partition coefficient (Wildman–Crippen LogP) is 4.97. The standard InChI is InChI=1S/C20H14N2O3S/c1-24-15-8-4-14(5-9-15)17-11-26-20-18(17)19(21-12-22-20)25-16-6-2-13(10-23)3-7-16/h2-12H,1H3. The van der Waals surface area contributed by atoms with Gasteiger partial charge in [0, 0.05) is 16.5 Å². The van der Waals surface area contributed by atoms with Crippen LogP contribution in [0.4, 0.5) is 0 Å². The monoisotopic (exact) mass is 362 g/mol. The fraction of sp³-hybridized carbons (Fsp3) is 0.0500. The molecule has 26 heavy (non-hydrogen) atoms. The van der Waals surface area contributed by atoms with Gasteiger partial charge in [0.05, 0.1) is 12.5 Å². The molecular weight excluding hydrogens is 348 g/mol. The highest BCUT2D eigenvalue weighted by molar-refractivity contribution is 7.17. The first-order valence-electron chi connectivity index (χ1n) is 7.88. The lowest BCUT2D eigenvalue weighted by atomic mass is 10.1. The van der Waals surface area contributed by atoms with Gasteiger partial charge in [-0.25, -0.2) is 9.97 Å². The largest absolute Gasteiger partial charge is 0.497 e. The number of rotatable bonds is 5. The number of hydrogen-bond acceptors (Lipinski definition) is 6. The molecule has 0 radical (unpaired) electrons. The van der Waals surface area contributed by atoms with Crippen molar-refractivity contribution in [3.63, 3.8) is 0 Å². The van der Waals surface area contributed by atoms with Gasteiger partial charge in [-0.05, 0) is 42.0 Å². The van der Waals surface area contributed by atoms with E-state index in [1.165, 1.54) is 6.33 Å². The van der Waals surface area contributed by atoms with Crippen molar-refractivity contribution in [3.05, 3.63) is 65.8 Å². The van der Waals surface area contributed by atoms with Crippen molar-refractivity contribution in [2.45, 2.75) is 0 Å².